The molecule has 1 N–H and O–H groups in total. The fourth-order valence-corrected chi connectivity index (χ4v) is 3.53. The van der Waals surface area contributed by atoms with Crippen LogP contribution < -0.4 is 5.32 Å². The van der Waals surface area contributed by atoms with Gasteiger partial charge in [0.05, 0.1) is 25.0 Å². The highest BCUT2D eigenvalue weighted by molar-refractivity contribution is 7.13. The van der Waals surface area contributed by atoms with Gasteiger partial charge in [0, 0.05) is 11.9 Å². The molecule has 3 rings (SSSR count). The quantitative estimate of drug-likeness (QED) is 0.774. The maximum atomic E-state index is 12.6. The van der Waals surface area contributed by atoms with Gasteiger partial charge < -0.3 is 19.4 Å². The van der Waals surface area contributed by atoms with Gasteiger partial charge in [-0.15, -0.1) is 11.3 Å². The van der Waals surface area contributed by atoms with Gasteiger partial charge in [-0.1, -0.05) is 0 Å². The number of aromatic nitrogens is 1. The zero-order valence-corrected chi connectivity index (χ0v) is 15.1. The molecular weight excluding hydrogens is 358 g/mol. The van der Waals surface area contributed by atoms with Crippen molar-refractivity contribution in [2.24, 2.45) is 0 Å². The van der Waals surface area contributed by atoms with Gasteiger partial charge in [-0.05, 0) is 31.9 Å². The van der Waals surface area contributed by atoms with Crippen LogP contribution in [0.2, 0.25) is 0 Å². The monoisotopic (exact) mass is 377 g/mol. The maximum Gasteiger partial charge on any atom is 0.311 e. The van der Waals surface area contributed by atoms with Crippen LogP contribution in [0.1, 0.15) is 36.0 Å². The first-order chi connectivity index (χ1) is 12.6. The second kappa shape index (κ2) is 8.13. The molecule has 1 atom stereocenters. The van der Waals surface area contributed by atoms with E-state index < -0.39 is 6.04 Å². The number of nitrogens with zero attached hydrogens (tertiary/aromatic N) is 2. The zero-order valence-electron chi connectivity index (χ0n) is 14.3. The van der Waals surface area contributed by atoms with Gasteiger partial charge in [0.25, 0.3) is 5.91 Å². The Morgan fingerprint density at radius 3 is 3.04 bits per heavy atom. The van der Waals surface area contributed by atoms with E-state index in [4.69, 9.17) is 9.15 Å². The highest BCUT2D eigenvalue weighted by Crippen LogP contribution is 2.23. The SMILES string of the molecule is CCOC(=O)Cc1csc(NC(=O)[C@@H]2CCCN2C(=O)c2ccco2)n1. The highest BCUT2D eigenvalue weighted by Gasteiger charge is 2.35. The smallest absolute Gasteiger partial charge is 0.311 e. The molecule has 0 radical (unpaired) electrons. The molecule has 3 heterocycles. The Morgan fingerprint density at radius 2 is 2.31 bits per heavy atom. The van der Waals surface area contributed by atoms with E-state index in [1.165, 1.54) is 22.5 Å². The highest BCUT2D eigenvalue weighted by atomic mass is 32.1. The Labute approximate surface area is 154 Å². The largest absolute Gasteiger partial charge is 0.466 e. The molecule has 0 bridgehead atoms. The van der Waals surface area contributed by atoms with Crippen LogP contribution in [0.5, 0.6) is 0 Å². The van der Waals surface area contributed by atoms with Crippen molar-refractivity contribution in [3.8, 4) is 0 Å². The molecule has 0 unspecified atom stereocenters. The number of furan rings is 1. The second-order valence-corrected chi connectivity index (χ2v) is 6.61. The number of carbonyl (C=O) groups is 3. The van der Waals surface area contributed by atoms with Crippen LogP contribution in [-0.2, 0) is 20.7 Å². The average Bonchev–Trinajstić information content (AvgIpc) is 3.36. The number of hydrogen-bond acceptors (Lipinski definition) is 7. The number of anilines is 1. The molecule has 8 nitrogen and oxygen atoms in total. The molecule has 1 aliphatic rings. The van der Waals surface area contributed by atoms with E-state index in [1.54, 1.807) is 24.4 Å². The summed E-state index contributed by atoms with van der Waals surface area (Å²) in [7, 11) is 0. The summed E-state index contributed by atoms with van der Waals surface area (Å²) in [5.74, 6) is -0.730. The van der Waals surface area contributed by atoms with E-state index in [9.17, 15) is 14.4 Å². The number of thiazole rings is 1. The lowest BCUT2D eigenvalue weighted by molar-refractivity contribution is -0.142. The van der Waals surface area contributed by atoms with Gasteiger partial charge in [0.1, 0.15) is 6.04 Å². The van der Waals surface area contributed by atoms with Crippen LogP contribution >= 0.6 is 11.3 Å². The first-order valence-electron chi connectivity index (χ1n) is 8.34. The van der Waals surface area contributed by atoms with Gasteiger partial charge in [0.15, 0.2) is 10.9 Å². The lowest BCUT2D eigenvalue weighted by Gasteiger charge is -2.22. The molecule has 2 aromatic heterocycles. The Bertz CT molecular complexity index is 786. The minimum Gasteiger partial charge on any atom is -0.466 e. The van der Waals surface area contributed by atoms with Crippen LogP contribution in [0.15, 0.2) is 28.2 Å². The average molecular weight is 377 g/mol. The Kier molecular flexibility index (Phi) is 5.67. The minimum atomic E-state index is -0.565. The van der Waals surface area contributed by atoms with Crippen molar-refractivity contribution in [3.05, 3.63) is 35.2 Å². The summed E-state index contributed by atoms with van der Waals surface area (Å²) >= 11 is 1.23. The van der Waals surface area contributed by atoms with E-state index in [-0.39, 0.29) is 30.0 Å². The third-order valence-electron chi connectivity index (χ3n) is 3.96. The number of esters is 1. The zero-order chi connectivity index (χ0) is 18.5. The van der Waals surface area contributed by atoms with Crippen molar-refractivity contribution in [3.63, 3.8) is 0 Å². The Hall–Kier alpha value is -2.68. The predicted octanol–water partition coefficient (Wildman–Crippen LogP) is 2.08. The summed E-state index contributed by atoms with van der Waals surface area (Å²) in [5.41, 5.74) is 0.540. The van der Waals surface area contributed by atoms with Crippen molar-refractivity contribution in [1.82, 2.24) is 9.88 Å². The third kappa shape index (κ3) is 4.10. The summed E-state index contributed by atoms with van der Waals surface area (Å²) in [6.07, 6.45) is 2.82. The number of rotatable bonds is 6. The van der Waals surface area contributed by atoms with Crippen molar-refractivity contribution >= 4 is 34.3 Å². The molecule has 9 heteroatoms. The summed E-state index contributed by atoms with van der Waals surface area (Å²) < 4.78 is 10.0. The number of amides is 2. The molecule has 0 aromatic carbocycles. The second-order valence-electron chi connectivity index (χ2n) is 5.75. The van der Waals surface area contributed by atoms with Gasteiger partial charge in [-0.3, -0.25) is 14.4 Å². The summed E-state index contributed by atoms with van der Waals surface area (Å²) in [5, 5.41) is 4.83. The molecule has 26 heavy (non-hydrogen) atoms. The van der Waals surface area contributed by atoms with Crippen LogP contribution in [0.3, 0.4) is 0 Å². The van der Waals surface area contributed by atoms with Crippen molar-refractivity contribution in [2.45, 2.75) is 32.2 Å². The molecule has 0 spiro atoms. The lowest BCUT2D eigenvalue weighted by Crippen LogP contribution is -2.43. The first kappa shape index (κ1) is 18.1. The van der Waals surface area contributed by atoms with Crippen molar-refractivity contribution < 1.29 is 23.5 Å². The van der Waals surface area contributed by atoms with Gasteiger partial charge in [0.2, 0.25) is 5.91 Å². The summed E-state index contributed by atoms with van der Waals surface area (Å²) in [6, 6.07) is 2.65. The molecule has 1 saturated heterocycles. The Balaban J connectivity index is 1.61. The van der Waals surface area contributed by atoms with Crippen LogP contribution in [0.25, 0.3) is 0 Å². The minimum absolute atomic E-state index is 0.0622. The van der Waals surface area contributed by atoms with Crippen LogP contribution in [0.4, 0.5) is 5.13 Å². The normalized spacial score (nSPS) is 16.5. The number of carbonyl (C=O) groups excluding carboxylic acids is 3. The Morgan fingerprint density at radius 1 is 1.46 bits per heavy atom. The number of hydrogen-bond donors (Lipinski definition) is 1. The standard InChI is InChI=1S/C17H19N3O5S/c1-2-24-14(21)9-11-10-26-17(18-11)19-15(22)12-5-3-7-20(12)16(23)13-6-4-8-25-13/h4,6,8,10,12H,2-3,5,7,9H2,1H3,(H,18,19,22)/t12-/m0/s1. The predicted molar refractivity (Wildman–Crippen MR) is 93.8 cm³/mol. The molecule has 2 aromatic rings. The van der Waals surface area contributed by atoms with E-state index >= 15 is 0 Å². The summed E-state index contributed by atoms with van der Waals surface area (Å²) in [6.45, 7) is 2.55. The van der Waals surface area contributed by atoms with E-state index in [0.29, 0.717) is 30.4 Å². The molecule has 138 valence electrons. The van der Waals surface area contributed by atoms with Gasteiger partial charge in [-0.2, -0.15) is 0 Å². The summed E-state index contributed by atoms with van der Waals surface area (Å²) in [4.78, 5) is 42.3. The van der Waals surface area contributed by atoms with Crippen molar-refractivity contribution in [1.29, 1.82) is 0 Å². The molecule has 2 amide bonds. The van der Waals surface area contributed by atoms with Crippen LogP contribution in [0, 0.1) is 0 Å². The lowest BCUT2D eigenvalue weighted by atomic mass is 10.2. The number of nitrogens with one attached hydrogen (secondary N) is 1. The molecule has 0 saturated carbocycles. The fourth-order valence-electron chi connectivity index (χ4n) is 2.82. The maximum absolute atomic E-state index is 12.6. The third-order valence-corrected chi connectivity index (χ3v) is 4.77. The number of ether oxygens (including phenoxy) is 1. The van der Waals surface area contributed by atoms with Gasteiger partial charge in [-0.25, -0.2) is 4.98 Å². The van der Waals surface area contributed by atoms with Crippen molar-refractivity contribution in [2.75, 3.05) is 18.5 Å². The number of likely N-dealkylation sites (tertiary alicyclic amines) is 1. The van der Waals surface area contributed by atoms with E-state index in [2.05, 4.69) is 10.3 Å². The van der Waals surface area contributed by atoms with E-state index in [1.807, 2.05) is 0 Å². The van der Waals surface area contributed by atoms with Crippen LogP contribution in [-0.4, -0.2) is 46.9 Å². The molecular formula is C17H19N3O5S. The van der Waals surface area contributed by atoms with E-state index in [0.717, 1.165) is 6.42 Å². The van der Waals surface area contributed by atoms with Gasteiger partial charge >= 0.3 is 5.97 Å². The molecule has 1 fully saturated rings. The molecule has 1 aliphatic heterocycles. The molecule has 0 aliphatic carbocycles. The fraction of sp³-hybridized carbons (Fsp3) is 0.412. The topological polar surface area (TPSA) is 102 Å². The first-order valence-corrected chi connectivity index (χ1v) is 9.21.